The molecule has 3 N–H and O–H groups in total. The molecule has 21 heavy (non-hydrogen) atoms. The van der Waals surface area contributed by atoms with Gasteiger partial charge in [-0.1, -0.05) is 12.1 Å². The second-order valence-corrected chi connectivity index (χ2v) is 6.21. The molecule has 2 fully saturated rings. The highest BCUT2D eigenvalue weighted by molar-refractivity contribution is 5.95. The van der Waals surface area contributed by atoms with E-state index in [4.69, 9.17) is 5.73 Å². The summed E-state index contributed by atoms with van der Waals surface area (Å²) in [6, 6.07) is 8.69. The molecule has 2 heterocycles. The third-order valence-electron chi connectivity index (χ3n) is 4.83. The van der Waals surface area contributed by atoms with Gasteiger partial charge in [-0.25, -0.2) is 0 Å². The second-order valence-electron chi connectivity index (χ2n) is 6.21. The Balaban J connectivity index is 1.57. The number of fused-ring (bicyclic) bond motifs is 2. The number of nitrogens with zero attached hydrogens (tertiary/aromatic N) is 2. The van der Waals surface area contributed by atoms with Crippen molar-refractivity contribution in [1.29, 1.82) is 0 Å². The first-order valence-corrected chi connectivity index (χ1v) is 7.72. The molecule has 5 heteroatoms. The van der Waals surface area contributed by atoms with Crippen LogP contribution in [0.4, 0.5) is 11.4 Å². The van der Waals surface area contributed by atoms with E-state index in [9.17, 15) is 4.79 Å². The lowest BCUT2D eigenvalue weighted by molar-refractivity contribution is -0.117. The molecule has 1 aromatic carbocycles. The van der Waals surface area contributed by atoms with Crippen LogP contribution in [0, 0.1) is 0 Å². The molecule has 0 radical (unpaired) electrons. The van der Waals surface area contributed by atoms with Crippen LogP contribution in [-0.4, -0.2) is 54.5 Å². The van der Waals surface area contributed by atoms with E-state index in [2.05, 4.69) is 22.2 Å². The fraction of sp³-hybridized carbons (Fsp3) is 0.562. The lowest BCUT2D eigenvalue weighted by atomic mass is 10.1. The fourth-order valence-corrected chi connectivity index (χ4v) is 3.53. The summed E-state index contributed by atoms with van der Waals surface area (Å²) >= 11 is 0. The number of para-hydroxylation sites is 2. The number of nitrogens with one attached hydrogen (secondary N) is 1. The summed E-state index contributed by atoms with van der Waals surface area (Å²) in [6.45, 7) is 2.44. The monoisotopic (exact) mass is 288 g/mol. The standard InChI is InChI=1S/C16H24N4O/c1-19-12-6-7-13(19)10-20(9-8-12)11-16(21)18-15-5-3-2-4-14(15)17/h2-5,12-13H,6-11,17H2,1H3,(H,18,21). The molecule has 3 rings (SSSR count). The third kappa shape index (κ3) is 3.19. The zero-order valence-corrected chi connectivity index (χ0v) is 12.6. The van der Waals surface area contributed by atoms with Gasteiger partial charge in [-0.2, -0.15) is 0 Å². The molecule has 2 aliphatic rings. The van der Waals surface area contributed by atoms with Crippen LogP contribution in [0.25, 0.3) is 0 Å². The van der Waals surface area contributed by atoms with Crippen LogP contribution >= 0.6 is 0 Å². The van der Waals surface area contributed by atoms with Gasteiger partial charge in [-0.15, -0.1) is 0 Å². The molecule has 2 bridgehead atoms. The Hall–Kier alpha value is -1.59. The maximum Gasteiger partial charge on any atom is 0.238 e. The lowest BCUT2D eigenvalue weighted by Crippen LogP contribution is -2.40. The number of nitrogens with two attached hydrogens (primary N) is 1. The molecule has 114 valence electrons. The molecular formula is C16H24N4O. The van der Waals surface area contributed by atoms with E-state index in [0.29, 0.717) is 30.0 Å². The molecule has 0 spiro atoms. The zero-order valence-electron chi connectivity index (χ0n) is 12.6. The van der Waals surface area contributed by atoms with Gasteiger partial charge in [0.2, 0.25) is 5.91 Å². The molecule has 1 amide bonds. The number of likely N-dealkylation sites (tertiary alicyclic amines) is 1. The molecule has 2 atom stereocenters. The van der Waals surface area contributed by atoms with Gasteiger partial charge >= 0.3 is 0 Å². The van der Waals surface area contributed by atoms with Gasteiger partial charge in [-0.05, 0) is 38.4 Å². The van der Waals surface area contributed by atoms with Crippen molar-refractivity contribution in [2.24, 2.45) is 0 Å². The Morgan fingerprint density at radius 3 is 2.86 bits per heavy atom. The van der Waals surface area contributed by atoms with Crippen LogP contribution in [0.3, 0.4) is 0 Å². The summed E-state index contributed by atoms with van der Waals surface area (Å²) in [4.78, 5) is 17.0. The molecular weight excluding hydrogens is 264 g/mol. The summed E-state index contributed by atoms with van der Waals surface area (Å²) in [5.41, 5.74) is 7.18. The van der Waals surface area contributed by atoms with Crippen LogP contribution in [0.1, 0.15) is 19.3 Å². The highest BCUT2D eigenvalue weighted by Gasteiger charge is 2.34. The van der Waals surface area contributed by atoms with Crippen molar-refractivity contribution in [3.63, 3.8) is 0 Å². The number of rotatable bonds is 3. The van der Waals surface area contributed by atoms with E-state index in [1.54, 1.807) is 6.07 Å². The minimum Gasteiger partial charge on any atom is -0.397 e. The van der Waals surface area contributed by atoms with Crippen molar-refractivity contribution in [2.75, 3.05) is 37.7 Å². The number of hydrogen-bond acceptors (Lipinski definition) is 4. The quantitative estimate of drug-likeness (QED) is 0.825. The topological polar surface area (TPSA) is 61.6 Å². The Labute approximate surface area is 126 Å². The highest BCUT2D eigenvalue weighted by atomic mass is 16.2. The summed E-state index contributed by atoms with van der Waals surface area (Å²) in [5.74, 6) is 0.0216. The molecule has 1 aromatic rings. The second kappa shape index (κ2) is 6.03. The number of carbonyl (C=O) groups excluding carboxylic acids is 1. The number of amides is 1. The van der Waals surface area contributed by atoms with Crippen molar-refractivity contribution in [3.8, 4) is 0 Å². The van der Waals surface area contributed by atoms with E-state index in [1.807, 2.05) is 18.2 Å². The Morgan fingerprint density at radius 2 is 2.05 bits per heavy atom. The number of likely N-dealkylation sites (N-methyl/N-ethyl adjacent to an activating group) is 1. The average molecular weight is 288 g/mol. The summed E-state index contributed by atoms with van der Waals surface area (Å²) < 4.78 is 0. The van der Waals surface area contributed by atoms with Gasteiger partial charge in [0, 0.05) is 25.2 Å². The Bertz CT molecular complexity index is 519. The lowest BCUT2D eigenvalue weighted by Gasteiger charge is -2.25. The first kappa shape index (κ1) is 14.4. The molecule has 5 nitrogen and oxygen atoms in total. The van der Waals surface area contributed by atoms with Crippen LogP contribution < -0.4 is 11.1 Å². The number of nitrogen functional groups attached to an aromatic ring is 1. The maximum absolute atomic E-state index is 12.2. The number of anilines is 2. The van der Waals surface area contributed by atoms with Crippen LogP contribution in [0.2, 0.25) is 0 Å². The van der Waals surface area contributed by atoms with Crippen molar-refractivity contribution in [2.45, 2.75) is 31.3 Å². The van der Waals surface area contributed by atoms with Crippen LogP contribution in [-0.2, 0) is 4.79 Å². The first-order chi connectivity index (χ1) is 10.1. The smallest absolute Gasteiger partial charge is 0.238 e. The molecule has 0 aliphatic carbocycles. The van der Waals surface area contributed by atoms with E-state index >= 15 is 0 Å². The highest BCUT2D eigenvalue weighted by Crippen LogP contribution is 2.28. The molecule has 2 aliphatic heterocycles. The largest absolute Gasteiger partial charge is 0.397 e. The third-order valence-corrected chi connectivity index (χ3v) is 4.83. The molecule has 0 aromatic heterocycles. The van der Waals surface area contributed by atoms with Gasteiger partial charge in [0.25, 0.3) is 0 Å². The normalized spacial score (nSPS) is 26.5. The molecule has 2 unspecified atom stereocenters. The Morgan fingerprint density at radius 1 is 1.29 bits per heavy atom. The zero-order chi connectivity index (χ0) is 14.8. The Kier molecular flexibility index (Phi) is 4.12. The van der Waals surface area contributed by atoms with Crippen molar-refractivity contribution in [3.05, 3.63) is 24.3 Å². The molecule has 2 saturated heterocycles. The number of benzene rings is 1. The van der Waals surface area contributed by atoms with Crippen molar-refractivity contribution < 1.29 is 4.79 Å². The van der Waals surface area contributed by atoms with E-state index < -0.39 is 0 Å². The van der Waals surface area contributed by atoms with Crippen LogP contribution in [0.5, 0.6) is 0 Å². The van der Waals surface area contributed by atoms with Crippen molar-refractivity contribution >= 4 is 17.3 Å². The summed E-state index contributed by atoms with van der Waals surface area (Å²) in [7, 11) is 2.22. The van der Waals surface area contributed by atoms with Crippen LogP contribution in [0.15, 0.2) is 24.3 Å². The van der Waals surface area contributed by atoms with Gasteiger partial charge in [0.05, 0.1) is 17.9 Å². The fourth-order valence-electron chi connectivity index (χ4n) is 3.53. The summed E-state index contributed by atoms with van der Waals surface area (Å²) in [6.07, 6.45) is 3.72. The van der Waals surface area contributed by atoms with Crippen molar-refractivity contribution in [1.82, 2.24) is 9.80 Å². The number of hydrogen-bond donors (Lipinski definition) is 2. The predicted octanol–water partition coefficient (Wildman–Crippen LogP) is 1.38. The van der Waals surface area contributed by atoms with E-state index in [1.165, 1.54) is 12.8 Å². The molecule has 0 saturated carbocycles. The maximum atomic E-state index is 12.2. The average Bonchev–Trinajstić information content (AvgIpc) is 2.70. The van der Waals surface area contributed by atoms with E-state index in [-0.39, 0.29) is 5.91 Å². The SMILES string of the molecule is CN1C2CCC1CN(CC(=O)Nc1ccccc1N)CC2. The predicted molar refractivity (Wildman–Crippen MR) is 85.1 cm³/mol. The summed E-state index contributed by atoms with van der Waals surface area (Å²) in [5, 5.41) is 2.91. The van der Waals surface area contributed by atoms with Gasteiger partial charge < -0.3 is 11.1 Å². The number of carbonyl (C=O) groups is 1. The van der Waals surface area contributed by atoms with E-state index in [0.717, 1.165) is 19.5 Å². The van der Waals surface area contributed by atoms with Gasteiger partial charge in [0.15, 0.2) is 0 Å². The van der Waals surface area contributed by atoms with Gasteiger partial charge in [0.1, 0.15) is 0 Å². The minimum absolute atomic E-state index is 0.0216. The first-order valence-electron chi connectivity index (χ1n) is 7.72. The van der Waals surface area contributed by atoms with Gasteiger partial charge in [-0.3, -0.25) is 14.6 Å². The minimum atomic E-state index is 0.0216.